The highest BCUT2D eigenvalue weighted by molar-refractivity contribution is 6.02. The molecule has 0 saturated carbocycles. The monoisotopic (exact) mass is 323 g/mol. The molecule has 2 heterocycles. The number of anilines is 1. The molecule has 3 N–H and O–H groups in total. The number of fused-ring (bicyclic) bond motifs is 1. The molecule has 3 rings (SSSR count). The number of nitrogens with two attached hydrogens (primary N) is 1. The highest BCUT2D eigenvalue weighted by Crippen LogP contribution is 2.41. The second kappa shape index (κ2) is 5.32. The fourth-order valence-electron chi connectivity index (χ4n) is 2.66. The summed E-state index contributed by atoms with van der Waals surface area (Å²) in [6, 6.07) is 6.24. The number of hydroxylamine groups is 1. The first-order chi connectivity index (χ1) is 10.8. The third kappa shape index (κ3) is 2.55. The van der Waals surface area contributed by atoms with Crippen LogP contribution in [0.15, 0.2) is 36.5 Å². The van der Waals surface area contributed by atoms with Crippen molar-refractivity contribution in [1.82, 2.24) is 4.98 Å². The fourth-order valence-corrected chi connectivity index (χ4v) is 2.66. The lowest BCUT2D eigenvalue weighted by Gasteiger charge is -2.30. The van der Waals surface area contributed by atoms with E-state index in [2.05, 4.69) is 4.98 Å². The van der Waals surface area contributed by atoms with Gasteiger partial charge in [-0.05, 0) is 18.1 Å². The SMILES string of the molecule is N[C@H]1Cc2cccc(-c3cccnc3C(F)(F)F)c2N(O)C1=O. The number of benzene rings is 1. The van der Waals surface area contributed by atoms with Crippen LogP contribution in [0.2, 0.25) is 0 Å². The molecule has 1 aliphatic rings. The van der Waals surface area contributed by atoms with Crippen molar-refractivity contribution in [3.05, 3.63) is 47.8 Å². The summed E-state index contributed by atoms with van der Waals surface area (Å²) < 4.78 is 39.5. The summed E-state index contributed by atoms with van der Waals surface area (Å²) in [5, 5.41) is 10.4. The van der Waals surface area contributed by atoms with Gasteiger partial charge in [0, 0.05) is 17.3 Å². The van der Waals surface area contributed by atoms with Crippen molar-refractivity contribution in [2.75, 3.05) is 5.06 Å². The van der Waals surface area contributed by atoms with Crippen LogP contribution in [0.25, 0.3) is 11.1 Å². The molecular weight excluding hydrogens is 311 g/mol. The van der Waals surface area contributed by atoms with Crippen molar-refractivity contribution in [2.24, 2.45) is 5.73 Å². The maximum absolute atomic E-state index is 13.2. The lowest BCUT2D eigenvalue weighted by Crippen LogP contribution is -2.47. The Morgan fingerprint density at radius 1 is 1.22 bits per heavy atom. The van der Waals surface area contributed by atoms with E-state index in [-0.39, 0.29) is 23.2 Å². The largest absolute Gasteiger partial charge is 0.433 e. The van der Waals surface area contributed by atoms with Gasteiger partial charge in [-0.25, -0.2) is 0 Å². The number of halogens is 3. The van der Waals surface area contributed by atoms with Crippen molar-refractivity contribution < 1.29 is 23.2 Å². The fraction of sp³-hybridized carbons (Fsp3) is 0.200. The van der Waals surface area contributed by atoms with Crippen molar-refractivity contribution >= 4 is 11.6 Å². The van der Waals surface area contributed by atoms with E-state index >= 15 is 0 Å². The normalized spacial score (nSPS) is 18.0. The minimum atomic E-state index is -4.66. The standard InChI is InChI=1S/C15H12F3N3O2/c16-15(17,18)13-10(5-2-6-20-13)9-4-1-3-8-7-11(19)14(22)21(23)12(8)9/h1-6,11,23H,7,19H2/t11-/m0/s1. The third-order valence-electron chi connectivity index (χ3n) is 3.66. The number of pyridine rings is 1. The molecule has 5 nitrogen and oxygen atoms in total. The van der Waals surface area contributed by atoms with Crippen LogP contribution in [0, 0.1) is 0 Å². The quantitative estimate of drug-likeness (QED) is 0.790. The highest BCUT2D eigenvalue weighted by Gasteiger charge is 2.38. The Morgan fingerprint density at radius 3 is 2.61 bits per heavy atom. The van der Waals surface area contributed by atoms with Crippen LogP contribution in [0.4, 0.5) is 18.9 Å². The summed E-state index contributed by atoms with van der Waals surface area (Å²) in [7, 11) is 0. The first-order valence-corrected chi connectivity index (χ1v) is 6.73. The summed E-state index contributed by atoms with van der Waals surface area (Å²) in [4.78, 5) is 15.3. The van der Waals surface area contributed by atoms with Crippen LogP contribution in [0.3, 0.4) is 0 Å². The summed E-state index contributed by atoms with van der Waals surface area (Å²) in [6.07, 6.45) is -3.48. The Kier molecular flexibility index (Phi) is 3.57. The maximum Gasteiger partial charge on any atom is 0.433 e. The number of rotatable bonds is 1. The minimum Gasteiger partial charge on any atom is -0.320 e. The summed E-state index contributed by atoms with van der Waals surface area (Å²) in [5.74, 6) is -0.762. The number of aromatic nitrogens is 1. The second-order valence-corrected chi connectivity index (χ2v) is 5.17. The minimum absolute atomic E-state index is 0.0118. The highest BCUT2D eigenvalue weighted by atomic mass is 19.4. The Labute approximate surface area is 129 Å². The van der Waals surface area contributed by atoms with Crippen molar-refractivity contribution in [3.63, 3.8) is 0 Å². The maximum atomic E-state index is 13.2. The van der Waals surface area contributed by atoms with Crippen LogP contribution in [-0.4, -0.2) is 22.1 Å². The van der Waals surface area contributed by atoms with Crippen LogP contribution in [-0.2, 0) is 17.4 Å². The molecule has 0 unspecified atom stereocenters. The van der Waals surface area contributed by atoms with Gasteiger partial charge in [-0.15, -0.1) is 0 Å². The number of hydrogen-bond donors (Lipinski definition) is 2. The van der Waals surface area contributed by atoms with Crippen LogP contribution in [0.5, 0.6) is 0 Å². The Hall–Kier alpha value is -2.45. The molecule has 0 bridgehead atoms. The van der Waals surface area contributed by atoms with Crippen molar-refractivity contribution in [3.8, 4) is 11.1 Å². The smallest absolute Gasteiger partial charge is 0.320 e. The lowest BCUT2D eigenvalue weighted by atomic mass is 9.92. The van der Waals surface area contributed by atoms with Crippen molar-refractivity contribution in [1.29, 1.82) is 0 Å². The average Bonchev–Trinajstić information content (AvgIpc) is 2.51. The molecule has 23 heavy (non-hydrogen) atoms. The van der Waals surface area contributed by atoms with Crippen LogP contribution >= 0.6 is 0 Å². The van der Waals surface area contributed by atoms with Gasteiger partial charge in [-0.1, -0.05) is 24.3 Å². The molecule has 2 aromatic rings. The molecule has 0 saturated heterocycles. The van der Waals surface area contributed by atoms with Gasteiger partial charge < -0.3 is 5.73 Å². The second-order valence-electron chi connectivity index (χ2n) is 5.17. The molecule has 0 fully saturated rings. The first kappa shape index (κ1) is 15.4. The first-order valence-electron chi connectivity index (χ1n) is 6.73. The molecular formula is C15H12F3N3O2. The zero-order chi connectivity index (χ0) is 16.8. The predicted molar refractivity (Wildman–Crippen MR) is 75.6 cm³/mol. The molecule has 1 aromatic heterocycles. The molecule has 1 amide bonds. The lowest BCUT2D eigenvalue weighted by molar-refractivity contribution is -0.140. The summed E-state index contributed by atoms with van der Waals surface area (Å²) in [5.41, 5.74) is 4.92. The molecule has 0 spiro atoms. The molecule has 120 valence electrons. The Morgan fingerprint density at radius 2 is 1.91 bits per heavy atom. The number of carbonyl (C=O) groups excluding carboxylic acids is 1. The zero-order valence-electron chi connectivity index (χ0n) is 11.7. The number of para-hydroxylation sites is 1. The third-order valence-corrected chi connectivity index (χ3v) is 3.66. The van der Waals surface area contributed by atoms with E-state index in [0.29, 0.717) is 10.6 Å². The Bertz CT molecular complexity index is 777. The molecule has 1 atom stereocenters. The van der Waals surface area contributed by atoms with Gasteiger partial charge in [0.1, 0.15) is 0 Å². The number of carbonyl (C=O) groups is 1. The van der Waals surface area contributed by atoms with Gasteiger partial charge in [0.05, 0.1) is 11.7 Å². The molecule has 0 aliphatic carbocycles. The summed E-state index contributed by atoms with van der Waals surface area (Å²) >= 11 is 0. The number of amides is 1. The molecule has 0 radical (unpaired) electrons. The Balaban J connectivity index is 2.25. The van der Waals surface area contributed by atoms with Crippen LogP contribution in [0.1, 0.15) is 11.3 Å². The summed E-state index contributed by atoms with van der Waals surface area (Å²) in [6.45, 7) is 0. The van der Waals surface area contributed by atoms with Gasteiger partial charge in [-0.2, -0.15) is 18.2 Å². The number of nitrogens with zero attached hydrogens (tertiary/aromatic N) is 2. The van der Waals surface area contributed by atoms with Gasteiger partial charge in [0.2, 0.25) is 0 Å². The van der Waals surface area contributed by atoms with E-state index in [1.807, 2.05) is 0 Å². The number of hydrogen-bond acceptors (Lipinski definition) is 4. The van der Waals surface area contributed by atoms with Gasteiger partial charge in [-0.3, -0.25) is 15.0 Å². The zero-order valence-corrected chi connectivity index (χ0v) is 11.7. The molecule has 8 heteroatoms. The average molecular weight is 323 g/mol. The van der Waals surface area contributed by atoms with E-state index in [0.717, 1.165) is 6.20 Å². The van der Waals surface area contributed by atoms with Gasteiger partial charge >= 0.3 is 6.18 Å². The van der Waals surface area contributed by atoms with Crippen LogP contribution < -0.4 is 10.8 Å². The van der Waals surface area contributed by atoms with E-state index in [4.69, 9.17) is 5.73 Å². The topological polar surface area (TPSA) is 79.4 Å². The van der Waals surface area contributed by atoms with E-state index in [9.17, 15) is 23.2 Å². The van der Waals surface area contributed by atoms with Crippen molar-refractivity contribution in [2.45, 2.75) is 18.6 Å². The molecule has 1 aromatic carbocycles. The van der Waals surface area contributed by atoms with E-state index in [1.54, 1.807) is 12.1 Å². The van der Waals surface area contributed by atoms with E-state index < -0.39 is 23.8 Å². The predicted octanol–water partition coefficient (Wildman–Crippen LogP) is 2.37. The number of alkyl halides is 3. The van der Waals surface area contributed by atoms with Gasteiger partial charge in [0.25, 0.3) is 5.91 Å². The molecule has 1 aliphatic heterocycles. The van der Waals surface area contributed by atoms with E-state index in [1.165, 1.54) is 18.2 Å². The van der Waals surface area contributed by atoms with Gasteiger partial charge in [0.15, 0.2) is 5.69 Å².